The van der Waals surface area contributed by atoms with Crippen LogP contribution < -0.4 is 11.3 Å². The quantitative estimate of drug-likeness (QED) is 0.412. The molecule has 0 saturated carbocycles. The van der Waals surface area contributed by atoms with E-state index in [2.05, 4.69) is 15.4 Å². The summed E-state index contributed by atoms with van der Waals surface area (Å²) < 4.78 is 4.96. The number of thioether (sulfide) groups is 1. The summed E-state index contributed by atoms with van der Waals surface area (Å²) in [4.78, 5) is 8.29. The van der Waals surface area contributed by atoms with Gasteiger partial charge < -0.3 is 10.2 Å². The average molecular weight is 228 g/mol. The van der Waals surface area contributed by atoms with Crippen LogP contribution in [0.2, 0.25) is 0 Å². The number of rotatable bonds is 7. The number of nitrogens with one attached hydrogen (secondary N) is 1. The first-order valence-electron chi connectivity index (χ1n) is 4.71. The van der Waals surface area contributed by atoms with E-state index in [0.29, 0.717) is 5.82 Å². The highest BCUT2D eigenvalue weighted by Gasteiger charge is 1.96. The molecule has 0 radical (unpaired) electrons. The molecular formula is C9H16N4OS. The molecule has 0 saturated heterocycles. The predicted molar refractivity (Wildman–Crippen MR) is 62.5 cm³/mol. The molecule has 0 aliphatic rings. The zero-order chi connectivity index (χ0) is 10.9. The maximum Gasteiger partial charge on any atom is 0.158 e. The highest BCUT2D eigenvalue weighted by Crippen LogP contribution is 2.11. The third-order valence-electron chi connectivity index (χ3n) is 1.74. The first-order valence-corrected chi connectivity index (χ1v) is 5.86. The second kappa shape index (κ2) is 7.44. The second-order valence-electron chi connectivity index (χ2n) is 2.94. The molecule has 0 aliphatic heterocycles. The molecule has 0 atom stereocenters. The van der Waals surface area contributed by atoms with E-state index in [-0.39, 0.29) is 0 Å². The lowest BCUT2D eigenvalue weighted by Gasteiger charge is -2.02. The molecule has 0 spiro atoms. The summed E-state index contributed by atoms with van der Waals surface area (Å²) in [5.41, 5.74) is 3.41. The molecule has 1 aromatic rings. The molecule has 1 aromatic heterocycles. The minimum Gasteiger partial charge on any atom is -0.385 e. The molecule has 0 fully saturated rings. The Morgan fingerprint density at radius 3 is 2.93 bits per heavy atom. The Morgan fingerprint density at radius 2 is 2.33 bits per heavy atom. The number of hydrazine groups is 1. The number of hydrogen-bond donors (Lipinski definition) is 2. The van der Waals surface area contributed by atoms with Crippen LogP contribution in [0.15, 0.2) is 12.4 Å². The maximum atomic E-state index is 5.18. The molecular weight excluding hydrogens is 212 g/mol. The van der Waals surface area contributed by atoms with Gasteiger partial charge in [-0.2, -0.15) is 11.8 Å². The van der Waals surface area contributed by atoms with Crippen molar-refractivity contribution < 1.29 is 4.74 Å². The smallest absolute Gasteiger partial charge is 0.158 e. The molecule has 5 nitrogen and oxygen atoms in total. The van der Waals surface area contributed by atoms with Crippen LogP contribution >= 0.6 is 11.8 Å². The van der Waals surface area contributed by atoms with Gasteiger partial charge in [-0.3, -0.25) is 4.98 Å². The van der Waals surface area contributed by atoms with Gasteiger partial charge in [-0.05, 0) is 12.2 Å². The van der Waals surface area contributed by atoms with Crippen LogP contribution in [0.25, 0.3) is 0 Å². The summed E-state index contributed by atoms with van der Waals surface area (Å²) in [6.07, 6.45) is 4.43. The van der Waals surface area contributed by atoms with Crippen molar-refractivity contribution in [1.29, 1.82) is 0 Å². The molecule has 84 valence electrons. The minimum atomic E-state index is 0.586. The van der Waals surface area contributed by atoms with Gasteiger partial charge in [0.25, 0.3) is 0 Å². The molecule has 3 N–H and O–H groups in total. The zero-order valence-electron chi connectivity index (χ0n) is 8.77. The van der Waals surface area contributed by atoms with Crippen LogP contribution in [-0.2, 0) is 10.5 Å². The number of nitrogen functional groups attached to an aromatic ring is 1. The van der Waals surface area contributed by atoms with Gasteiger partial charge in [0.05, 0.1) is 18.1 Å². The Balaban J connectivity index is 2.20. The van der Waals surface area contributed by atoms with E-state index in [1.807, 2.05) is 11.8 Å². The van der Waals surface area contributed by atoms with E-state index in [1.54, 1.807) is 19.5 Å². The van der Waals surface area contributed by atoms with Crippen LogP contribution in [-0.4, -0.2) is 29.4 Å². The SMILES string of the molecule is COCCCSCc1cnc(NN)cn1. The Kier molecular flexibility index (Phi) is 6.06. The van der Waals surface area contributed by atoms with Crippen LogP contribution in [0.5, 0.6) is 0 Å². The summed E-state index contributed by atoms with van der Waals surface area (Å²) in [5.74, 6) is 7.72. The molecule has 0 unspecified atom stereocenters. The van der Waals surface area contributed by atoms with Crippen molar-refractivity contribution in [3.8, 4) is 0 Å². The largest absolute Gasteiger partial charge is 0.385 e. The van der Waals surface area contributed by atoms with E-state index in [1.165, 1.54) is 0 Å². The van der Waals surface area contributed by atoms with Crippen molar-refractivity contribution >= 4 is 17.6 Å². The molecule has 1 rings (SSSR count). The normalized spacial score (nSPS) is 10.3. The summed E-state index contributed by atoms with van der Waals surface area (Å²) in [7, 11) is 1.72. The summed E-state index contributed by atoms with van der Waals surface area (Å²) in [6, 6.07) is 0. The fourth-order valence-corrected chi connectivity index (χ4v) is 1.81. The summed E-state index contributed by atoms with van der Waals surface area (Å²) >= 11 is 1.83. The molecule has 6 heteroatoms. The van der Waals surface area contributed by atoms with Gasteiger partial charge in [-0.25, -0.2) is 10.8 Å². The maximum absolute atomic E-state index is 5.18. The van der Waals surface area contributed by atoms with Crippen molar-refractivity contribution in [3.05, 3.63) is 18.1 Å². The minimum absolute atomic E-state index is 0.586. The van der Waals surface area contributed by atoms with Crippen molar-refractivity contribution in [2.24, 2.45) is 5.84 Å². The third kappa shape index (κ3) is 4.96. The summed E-state index contributed by atoms with van der Waals surface area (Å²) in [5, 5.41) is 0. The first-order chi connectivity index (χ1) is 7.36. The van der Waals surface area contributed by atoms with Crippen molar-refractivity contribution in [3.63, 3.8) is 0 Å². The third-order valence-corrected chi connectivity index (χ3v) is 2.82. The lowest BCUT2D eigenvalue weighted by Crippen LogP contribution is -2.09. The van der Waals surface area contributed by atoms with Gasteiger partial charge >= 0.3 is 0 Å². The average Bonchev–Trinajstić information content (AvgIpc) is 2.30. The van der Waals surface area contributed by atoms with Crippen LogP contribution in [0.4, 0.5) is 5.82 Å². The number of ether oxygens (including phenoxy) is 1. The lowest BCUT2D eigenvalue weighted by molar-refractivity contribution is 0.200. The van der Waals surface area contributed by atoms with Crippen molar-refractivity contribution in [1.82, 2.24) is 9.97 Å². The monoisotopic (exact) mass is 228 g/mol. The molecule has 0 bridgehead atoms. The van der Waals surface area contributed by atoms with Crippen molar-refractivity contribution in [2.75, 3.05) is 24.9 Å². The lowest BCUT2D eigenvalue weighted by atomic mass is 10.5. The molecule has 1 heterocycles. The van der Waals surface area contributed by atoms with Crippen LogP contribution in [0.1, 0.15) is 12.1 Å². The number of nitrogens with zero attached hydrogens (tertiary/aromatic N) is 2. The standard InChI is InChI=1S/C9H16N4OS/c1-14-3-2-4-15-7-8-5-12-9(13-10)6-11-8/h5-6H,2-4,7,10H2,1H3,(H,12,13). The number of methoxy groups -OCH3 is 1. The number of aromatic nitrogens is 2. The molecule has 0 aliphatic carbocycles. The zero-order valence-corrected chi connectivity index (χ0v) is 9.59. The van der Waals surface area contributed by atoms with E-state index < -0.39 is 0 Å². The highest BCUT2D eigenvalue weighted by molar-refractivity contribution is 7.98. The highest BCUT2D eigenvalue weighted by atomic mass is 32.2. The Bertz CT molecular complexity index is 267. The molecule has 0 aromatic carbocycles. The number of anilines is 1. The van der Waals surface area contributed by atoms with E-state index >= 15 is 0 Å². The number of nitrogens with two attached hydrogens (primary N) is 1. The molecule has 15 heavy (non-hydrogen) atoms. The van der Waals surface area contributed by atoms with Crippen LogP contribution in [0, 0.1) is 0 Å². The molecule has 0 amide bonds. The van der Waals surface area contributed by atoms with E-state index in [4.69, 9.17) is 10.6 Å². The first kappa shape index (κ1) is 12.2. The fraction of sp³-hybridized carbons (Fsp3) is 0.556. The van der Waals surface area contributed by atoms with E-state index in [0.717, 1.165) is 30.2 Å². The van der Waals surface area contributed by atoms with E-state index in [9.17, 15) is 0 Å². The fourth-order valence-electron chi connectivity index (χ4n) is 0.986. The van der Waals surface area contributed by atoms with Gasteiger partial charge in [0.15, 0.2) is 5.82 Å². The Labute approximate surface area is 93.8 Å². The predicted octanol–water partition coefficient (Wildman–Crippen LogP) is 1.03. The van der Waals surface area contributed by atoms with Crippen LogP contribution in [0.3, 0.4) is 0 Å². The second-order valence-corrected chi connectivity index (χ2v) is 4.04. The number of hydrogen-bond acceptors (Lipinski definition) is 6. The Hall–Kier alpha value is -0.850. The van der Waals surface area contributed by atoms with Gasteiger partial charge in [0.1, 0.15) is 0 Å². The topological polar surface area (TPSA) is 73.1 Å². The van der Waals surface area contributed by atoms with Gasteiger partial charge in [-0.1, -0.05) is 0 Å². The Morgan fingerprint density at radius 1 is 1.47 bits per heavy atom. The van der Waals surface area contributed by atoms with Crippen molar-refractivity contribution in [2.45, 2.75) is 12.2 Å². The summed E-state index contributed by atoms with van der Waals surface area (Å²) in [6.45, 7) is 0.814. The van der Waals surface area contributed by atoms with Gasteiger partial charge in [-0.15, -0.1) is 0 Å². The van der Waals surface area contributed by atoms with Gasteiger partial charge in [0.2, 0.25) is 0 Å². The van der Waals surface area contributed by atoms with Gasteiger partial charge in [0, 0.05) is 19.5 Å².